The van der Waals surface area contributed by atoms with Crippen molar-refractivity contribution in [2.45, 2.75) is 37.6 Å². The van der Waals surface area contributed by atoms with Crippen LogP contribution in [0.5, 0.6) is 0 Å². The van der Waals surface area contributed by atoms with Crippen LogP contribution in [0.25, 0.3) is 17.0 Å². The molecule has 1 fully saturated rings. The molecule has 2 amide bonds. The lowest BCUT2D eigenvalue weighted by Gasteiger charge is -2.30. The van der Waals surface area contributed by atoms with Crippen molar-refractivity contribution < 1.29 is 18.4 Å². The number of alkyl halides is 2. The Morgan fingerprint density at radius 1 is 1.36 bits per heavy atom. The van der Waals surface area contributed by atoms with E-state index in [-0.39, 0.29) is 12.3 Å². The molecule has 1 saturated heterocycles. The van der Waals surface area contributed by atoms with Crippen molar-refractivity contribution in [1.29, 1.82) is 5.26 Å². The van der Waals surface area contributed by atoms with Crippen molar-refractivity contribution in [3.63, 3.8) is 0 Å². The number of nitrogens with zero attached hydrogens (tertiary/aromatic N) is 3. The van der Waals surface area contributed by atoms with Gasteiger partial charge in [-0.3, -0.25) is 14.6 Å². The molecule has 1 aliphatic heterocycles. The van der Waals surface area contributed by atoms with Crippen LogP contribution in [0.3, 0.4) is 0 Å². The number of pyridine rings is 1. The summed E-state index contributed by atoms with van der Waals surface area (Å²) < 4.78 is 28.1. The van der Waals surface area contributed by atoms with Crippen molar-refractivity contribution in [2.75, 3.05) is 13.1 Å². The number of fused-ring (bicyclic) bond motifs is 1. The van der Waals surface area contributed by atoms with Crippen LogP contribution in [-0.4, -0.2) is 46.2 Å². The van der Waals surface area contributed by atoms with E-state index in [0.29, 0.717) is 16.5 Å². The Morgan fingerprint density at radius 3 is 2.86 bits per heavy atom. The van der Waals surface area contributed by atoms with E-state index in [9.17, 15) is 23.6 Å². The summed E-state index contributed by atoms with van der Waals surface area (Å²) in [5.41, 5.74) is 0.205. The lowest BCUT2D eigenvalue weighted by molar-refractivity contribution is -0.133. The van der Waals surface area contributed by atoms with Crippen LogP contribution in [0.4, 0.5) is 8.78 Å². The third kappa shape index (κ3) is 5.31. The van der Waals surface area contributed by atoms with E-state index in [1.54, 1.807) is 19.1 Å². The van der Waals surface area contributed by atoms with Crippen LogP contribution in [0, 0.1) is 17.2 Å². The van der Waals surface area contributed by atoms with Crippen molar-refractivity contribution in [3.05, 3.63) is 70.9 Å². The van der Waals surface area contributed by atoms with Gasteiger partial charge in [0.15, 0.2) is 0 Å². The van der Waals surface area contributed by atoms with Crippen LogP contribution in [-0.2, 0) is 4.79 Å². The molecular weight excluding hydrogens is 486 g/mol. The van der Waals surface area contributed by atoms with Crippen molar-refractivity contribution in [2.24, 2.45) is 5.92 Å². The van der Waals surface area contributed by atoms with E-state index in [4.69, 9.17) is 11.6 Å². The fourth-order valence-corrected chi connectivity index (χ4v) is 4.75. The standard InChI is InChI=1S/C27H25ClF2N4O2/c1-2-26(16-31)15-27(29,30)17-34(26)24(35)14-33-25(36)21-11-12-32-23-10-7-19(13-22(21)23)4-3-18-5-8-20(28)9-6-18/h3-5,7-13,18H,2,6,14-15,17H2,1H3,(H,33,36)/b4-3+/t18?,26-/m0/s1. The van der Waals surface area contributed by atoms with Gasteiger partial charge in [-0.15, -0.1) is 0 Å². The zero-order valence-electron chi connectivity index (χ0n) is 19.7. The van der Waals surface area contributed by atoms with E-state index < -0.39 is 42.8 Å². The highest BCUT2D eigenvalue weighted by molar-refractivity contribution is 6.31. The zero-order chi connectivity index (χ0) is 25.9. The molecule has 2 heterocycles. The molecule has 1 aliphatic carbocycles. The Balaban J connectivity index is 1.49. The number of amides is 2. The molecular formula is C27H25ClF2N4O2. The highest BCUT2D eigenvalue weighted by atomic mass is 35.5. The minimum absolute atomic E-state index is 0.0735. The topological polar surface area (TPSA) is 86.1 Å². The second kappa shape index (κ2) is 10.2. The van der Waals surface area contributed by atoms with E-state index in [1.807, 2.05) is 48.6 Å². The summed E-state index contributed by atoms with van der Waals surface area (Å²) >= 11 is 5.97. The Hall–Kier alpha value is -3.57. The third-order valence-corrected chi connectivity index (χ3v) is 6.87. The maximum atomic E-state index is 14.0. The Bertz CT molecular complexity index is 1330. The van der Waals surface area contributed by atoms with Gasteiger partial charge in [-0.25, -0.2) is 8.78 Å². The number of halogens is 3. The van der Waals surface area contributed by atoms with E-state index >= 15 is 0 Å². The summed E-state index contributed by atoms with van der Waals surface area (Å²) in [6.45, 7) is 0.260. The normalized spacial score (nSPS) is 23.0. The molecule has 6 nitrogen and oxygen atoms in total. The van der Waals surface area contributed by atoms with Gasteiger partial charge in [-0.1, -0.05) is 48.9 Å². The molecule has 0 radical (unpaired) electrons. The predicted octanol–water partition coefficient (Wildman–Crippen LogP) is 5.22. The lowest BCUT2D eigenvalue weighted by Crippen LogP contribution is -2.49. The van der Waals surface area contributed by atoms with Gasteiger partial charge in [0.25, 0.3) is 11.8 Å². The summed E-state index contributed by atoms with van der Waals surface area (Å²) in [7, 11) is 0. The molecule has 1 aromatic heterocycles. The maximum absolute atomic E-state index is 14.0. The van der Waals surface area contributed by atoms with Crippen LogP contribution >= 0.6 is 11.6 Å². The van der Waals surface area contributed by atoms with Gasteiger partial charge in [-0.2, -0.15) is 5.26 Å². The summed E-state index contributed by atoms with van der Waals surface area (Å²) in [4.78, 5) is 30.9. The molecule has 0 spiro atoms. The Morgan fingerprint density at radius 2 is 2.17 bits per heavy atom. The fourth-order valence-electron chi connectivity index (χ4n) is 4.58. The number of allylic oxidation sites excluding steroid dienone is 5. The molecule has 2 atom stereocenters. The van der Waals surface area contributed by atoms with Crippen LogP contribution in [0.1, 0.15) is 42.1 Å². The summed E-state index contributed by atoms with van der Waals surface area (Å²) in [5.74, 6) is -4.18. The molecule has 4 rings (SSSR count). The molecule has 36 heavy (non-hydrogen) atoms. The number of rotatable bonds is 6. The summed E-state index contributed by atoms with van der Waals surface area (Å²) in [5, 5.41) is 13.4. The van der Waals surface area contributed by atoms with Gasteiger partial charge in [-0.05, 0) is 48.6 Å². The van der Waals surface area contributed by atoms with Crippen molar-refractivity contribution in [3.8, 4) is 6.07 Å². The molecule has 0 saturated carbocycles. The molecule has 1 unspecified atom stereocenters. The van der Waals surface area contributed by atoms with Gasteiger partial charge in [0.2, 0.25) is 5.91 Å². The number of hydrogen-bond acceptors (Lipinski definition) is 4. The monoisotopic (exact) mass is 510 g/mol. The molecule has 0 bridgehead atoms. The van der Waals surface area contributed by atoms with Gasteiger partial charge >= 0.3 is 0 Å². The Kier molecular flexibility index (Phi) is 7.23. The smallest absolute Gasteiger partial charge is 0.268 e. The van der Waals surface area contributed by atoms with Crippen molar-refractivity contribution >= 4 is 40.4 Å². The molecule has 2 aromatic rings. The van der Waals surface area contributed by atoms with E-state index in [2.05, 4.69) is 10.3 Å². The number of nitrogens with one attached hydrogen (secondary N) is 1. The minimum Gasteiger partial charge on any atom is -0.343 e. The van der Waals surface area contributed by atoms with Crippen LogP contribution < -0.4 is 5.32 Å². The second-order valence-corrected chi connectivity index (χ2v) is 9.47. The Labute approximate surface area is 212 Å². The minimum atomic E-state index is -3.15. The molecule has 9 heteroatoms. The number of benzene rings is 1. The summed E-state index contributed by atoms with van der Waals surface area (Å²) in [6.07, 6.45) is 11.5. The molecule has 1 N–H and O–H groups in total. The highest BCUT2D eigenvalue weighted by Gasteiger charge is 2.56. The van der Waals surface area contributed by atoms with Gasteiger partial charge < -0.3 is 10.2 Å². The number of hydrogen-bond donors (Lipinski definition) is 1. The number of aromatic nitrogens is 1. The average molecular weight is 511 g/mol. The highest BCUT2D eigenvalue weighted by Crippen LogP contribution is 2.41. The van der Waals surface area contributed by atoms with Crippen LogP contribution in [0.2, 0.25) is 0 Å². The molecule has 2 aliphatic rings. The third-order valence-electron chi connectivity index (χ3n) is 6.59. The lowest BCUT2D eigenvalue weighted by atomic mass is 9.94. The number of nitriles is 1. The zero-order valence-corrected chi connectivity index (χ0v) is 20.4. The first-order valence-electron chi connectivity index (χ1n) is 11.6. The molecule has 1 aromatic carbocycles. The van der Waals surface area contributed by atoms with E-state index in [1.165, 1.54) is 6.20 Å². The molecule has 186 valence electrons. The summed E-state index contributed by atoms with van der Waals surface area (Å²) in [6, 6.07) is 8.97. The van der Waals surface area contributed by atoms with Gasteiger partial charge in [0, 0.05) is 23.0 Å². The first-order valence-corrected chi connectivity index (χ1v) is 12.0. The number of carbonyl (C=O) groups excluding carboxylic acids is 2. The van der Waals surface area contributed by atoms with Crippen LogP contribution in [0.15, 0.2) is 59.8 Å². The predicted molar refractivity (Wildman–Crippen MR) is 134 cm³/mol. The number of likely N-dealkylation sites (tertiary alicyclic amines) is 1. The largest absolute Gasteiger partial charge is 0.343 e. The average Bonchev–Trinajstić information content (AvgIpc) is 3.17. The fraction of sp³-hybridized carbons (Fsp3) is 0.333. The van der Waals surface area contributed by atoms with Gasteiger partial charge in [0.05, 0.1) is 30.2 Å². The van der Waals surface area contributed by atoms with Crippen molar-refractivity contribution in [1.82, 2.24) is 15.2 Å². The maximum Gasteiger partial charge on any atom is 0.268 e. The number of carbonyl (C=O) groups is 2. The van der Waals surface area contributed by atoms with E-state index in [0.717, 1.165) is 21.9 Å². The quantitative estimate of drug-likeness (QED) is 0.577. The SMILES string of the molecule is CC[C@@]1(C#N)CC(F)(F)CN1C(=O)CNC(=O)c1ccnc2ccc(/C=C/C3C=CC(Cl)=CC3)cc12. The second-order valence-electron chi connectivity index (χ2n) is 9.03. The first kappa shape index (κ1) is 25.5. The first-order chi connectivity index (χ1) is 17.2. The van der Waals surface area contributed by atoms with Gasteiger partial charge in [0.1, 0.15) is 5.54 Å².